The van der Waals surface area contributed by atoms with Crippen LogP contribution in [0.4, 0.5) is 0 Å². The first-order valence-corrected chi connectivity index (χ1v) is 11.0. The Balaban J connectivity index is 0.00000280. The summed E-state index contributed by atoms with van der Waals surface area (Å²) in [7, 11) is 2.62. The Labute approximate surface area is 177 Å². The lowest BCUT2D eigenvalue weighted by atomic mass is 10.0. The van der Waals surface area contributed by atoms with Gasteiger partial charge in [-0.15, -0.1) is 12.4 Å². The number of carbonyl (C=O) groups is 2. The quantitative estimate of drug-likeness (QED) is 0.184. The second-order valence-corrected chi connectivity index (χ2v) is 8.27. The van der Waals surface area contributed by atoms with Crippen LogP contribution in [0, 0.1) is 0 Å². The van der Waals surface area contributed by atoms with Crippen molar-refractivity contribution in [3.8, 4) is 5.75 Å². The van der Waals surface area contributed by atoms with Crippen LogP contribution in [-0.2, 0) is 9.59 Å². The van der Waals surface area contributed by atoms with Crippen molar-refractivity contribution in [2.45, 2.75) is 0 Å². The van der Waals surface area contributed by atoms with Crippen molar-refractivity contribution >= 4 is 67.4 Å². The molecule has 5 nitrogen and oxygen atoms in total. The van der Waals surface area contributed by atoms with E-state index in [0.717, 1.165) is 21.5 Å². The van der Waals surface area contributed by atoms with Crippen LogP contribution in [0.25, 0.3) is 21.5 Å². The van der Waals surface area contributed by atoms with Gasteiger partial charge >= 0.3 is 5.97 Å². The van der Waals surface area contributed by atoms with E-state index in [1.54, 1.807) is 6.07 Å². The number of ether oxygens (including phenoxy) is 1. The minimum atomic E-state index is -0.338. The lowest BCUT2D eigenvalue weighted by molar-refractivity contribution is -0.131. The molecule has 0 aliphatic rings. The zero-order chi connectivity index (χ0) is 19.1. The summed E-state index contributed by atoms with van der Waals surface area (Å²) in [5.74, 6) is 0.541. The van der Waals surface area contributed by atoms with Gasteiger partial charge in [-0.05, 0) is 33.7 Å². The second-order valence-electron chi connectivity index (χ2n) is 5.81. The normalized spacial score (nSPS) is 10.5. The second kappa shape index (κ2) is 11.2. The van der Waals surface area contributed by atoms with Gasteiger partial charge in [0.15, 0.2) is 0 Å². The topological polar surface area (TPSA) is 81.4 Å². The summed E-state index contributed by atoms with van der Waals surface area (Å²) < 4.78 is 5.45. The molecule has 1 amide bonds. The first-order valence-electron chi connectivity index (χ1n) is 8.51. The van der Waals surface area contributed by atoms with Crippen LogP contribution in [0.5, 0.6) is 5.75 Å². The molecule has 3 aromatic rings. The van der Waals surface area contributed by atoms with Crippen molar-refractivity contribution in [2.24, 2.45) is 5.73 Å². The predicted octanol–water partition coefficient (Wildman–Crippen LogP) is 3.78. The molecule has 0 aliphatic carbocycles. The highest BCUT2D eigenvalue weighted by molar-refractivity contribution is 8.77. The van der Waals surface area contributed by atoms with Gasteiger partial charge in [0.25, 0.3) is 0 Å². The van der Waals surface area contributed by atoms with Crippen molar-refractivity contribution in [1.29, 1.82) is 0 Å². The molecule has 3 aromatic carbocycles. The van der Waals surface area contributed by atoms with Crippen molar-refractivity contribution < 1.29 is 14.3 Å². The molecule has 0 spiro atoms. The van der Waals surface area contributed by atoms with E-state index in [9.17, 15) is 9.59 Å². The number of fused-ring (bicyclic) bond motifs is 3. The lowest BCUT2D eigenvalue weighted by Gasteiger charge is -2.08. The molecule has 0 radical (unpaired) electrons. The largest absolute Gasteiger partial charge is 0.426 e. The minimum Gasteiger partial charge on any atom is -0.426 e. The van der Waals surface area contributed by atoms with E-state index >= 15 is 0 Å². The van der Waals surface area contributed by atoms with Crippen LogP contribution in [0.1, 0.15) is 0 Å². The maximum Gasteiger partial charge on any atom is 0.322 e. The zero-order valence-corrected chi connectivity index (χ0v) is 17.5. The van der Waals surface area contributed by atoms with Gasteiger partial charge in [0, 0.05) is 13.1 Å². The van der Waals surface area contributed by atoms with Crippen molar-refractivity contribution in [1.82, 2.24) is 5.32 Å². The molecule has 0 fully saturated rings. The van der Waals surface area contributed by atoms with Crippen LogP contribution >= 0.6 is 34.0 Å². The number of rotatable bonds is 8. The molecule has 0 aliphatic heterocycles. The van der Waals surface area contributed by atoms with Gasteiger partial charge in [0.1, 0.15) is 11.5 Å². The van der Waals surface area contributed by atoms with Gasteiger partial charge in [-0.25, -0.2) is 0 Å². The summed E-state index contributed by atoms with van der Waals surface area (Å²) >= 11 is 0. The average molecular weight is 437 g/mol. The van der Waals surface area contributed by atoms with Gasteiger partial charge in [-0.3, -0.25) is 9.59 Å². The molecular formula is C20H21ClN2O3S2. The molecule has 0 atom stereocenters. The Kier molecular flexibility index (Phi) is 8.92. The highest BCUT2D eigenvalue weighted by atomic mass is 35.5. The van der Waals surface area contributed by atoms with E-state index in [4.69, 9.17) is 10.5 Å². The Morgan fingerprint density at radius 2 is 1.61 bits per heavy atom. The molecule has 8 heteroatoms. The summed E-state index contributed by atoms with van der Waals surface area (Å²) in [6, 6.07) is 17.9. The third-order valence-electron chi connectivity index (χ3n) is 3.87. The van der Waals surface area contributed by atoms with Crippen LogP contribution < -0.4 is 15.8 Å². The van der Waals surface area contributed by atoms with Crippen molar-refractivity contribution in [2.75, 3.05) is 24.6 Å². The number of amides is 1. The van der Waals surface area contributed by atoms with Crippen LogP contribution in [0.2, 0.25) is 0 Å². The number of hydrogen-bond donors (Lipinski definition) is 2. The molecule has 28 heavy (non-hydrogen) atoms. The smallest absolute Gasteiger partial charge is 0.322 e. The summed E-state index contributed by atoms with van der Waals surface area (Å²) in [5.41, 5.74) is 5.32. The van der Waals surface area contributed by atoms with Crippen LogP contribution in [0.3, 0.4) is 0 Å². The van der Waals surface area contributed by atoms with Gasteiger partial charge in [0.05, 0.1) is 5.75 Å². The summed E-state index contributed by atoms with van der Waals surface area (Å²) in [5, 5.41) is 7.10. The van der Waals surface area contributed by atoms with E-state index in [-0.39, 0.29) is 35.8 Å². The summed E-state index contributed by atoms with van der Waals surface area (Å²) in [4.78, 5) is 23.5. The molecule has 0 aromatic heterocycles. The highest BCUT2D eigenvalue weighted by Gasteiger charge is 2.09. The maximum absolute atomic E-state index is 12.1. The maximum atomic E-state index is 12.1. The first-order chi connectivity index (χ1) is 13.2. The fourth-order valence-electron chi connectivity index (χ4n) is 2.65. The third-order valence-corrected chi connectivity index (χ3v) is 5.97. The molecule has 0 unspecified atom stereocenters. The van der Waals surface area contributed by atoms with Gasteiger partial charge in [-0.1, -0.05) is 64.1 Å². The van der Waals surface area contributed by atoms with Crippen LogP contribution in [0.15, 0.2) is 54.6 Å². The van der Waals surface area contributed by atoms with Gasteiger partial charge in [-0.2, -0.15) is 0 Å². The monoisotopic (exact) mass is 436 g/mol. The molecular weight excluding hydrogens is 416 g/mol. The third kappa shape index (κ3) is 6.04. The molecule has 3 N–H and O–H groups in total. The predicted molar refractivity (Wildman–Crippen MR) is 121 cm³/mol. The zero-order valence-electron chi connectivity index (χ0n) is 15.1. The Hall–Kier alpha value is -1.93. The SMILES string of the molecule is Cl.NCCNC(=O)CSSCC(=O)Oc1ccc2ccc3ccccc3c2c1. The Morgan fingerprint density at radius 3 is 2.39 bits per heavy atom. The van der Waals surface area contributed by atoms with E-state index in [0.29, 0.717) is 18.8 Å². The number of halogens is 1. The minimum absolute atomic E-state index is 0. The number of carbonyl (C=O) groups excluding carboxylic acids is 2. The van der Waals surface area contributed by atoms with Crippen LogP contribution in [-0.4, -0.2) is 36.5 Å². The van der Waals surface area contributed by atoms with Crippen molar-refractivity contribution in [3.63, 3.8) is 0 Å². The van der Waals surface area contributed by atoms with E-state index < -0.39 is 0 Å². The number of nitrogens with one attached hydrogen (secondary N) is 1. The first kappa shape index (κ1) is 22.4. The highest BCUT2D eigenvalue weighted by Crippen LogP contribution is 2.29. The van der Waals surface area contributed by atoms with E-state index in [2.05, 4.69) is 29.6 Å². The summed E-state index contributed by atoms with van der Waals surface area (Å²) in [6.45, 7) is 0.875. The molecule has 148 valence electrons. The molecule has 0 heterocycles. The fraction of sp³-hybridized carbons (Fsp3) is 0.200. The average Bonchev–Trinajstić information content (AvgIpc) is 2.69. The molecule has 0 saturated carbocycles. The molecule has 0 bridgehead atoms. The summed E-state index contributed by atoms with van der Waals surface area (Å²) in [6.07, 6.45) is 0. The Morgan fingerprint density at radius 1 is 0.929 bits per heavy atom. The molecule has 3 rings (SSSR count). The Bertz CT molecular complexity index is 968. The van der Waals surface area contributed by atoms with E-state index in [1.807, 2.05) is 24.3 Å². The fourth-order valence-corrected chi connectivity index (χ4v) is 4.29. The number of nitrogens with two attached hydrogens (primary N) is 1. The molecule has 0 saturated heterocycles. The number of esters is 1. The lowest BCUT2D eigenvalue weighted by Crippen LogP contribution is -2.30. The van der Waals surface area contributed by atoms with Crippen molar-refractivity contribution in [3.05, 3.63) is 54.6 Å². The van der Waals surface area contributed by atoms with Gasteiger partial charge < -0.3 is 15.8 Å². The van der Waals surface area contributed by atoms with E-state index in [1.165, 1.54) is 21.6 Å². The standard InChI is InChI=1S/C20H20N2O3S2.ClH/c21-9-10-22-19(23)12-26-27-13-20(24)25-16-8-7-15-6-5-14-3-1-2-4-17(14)18(15)11-16;/h1-8,11H,9-10,12-13,21H2,(H,22,23);1H. The number of benzene rings is 3. The number of hydrogen-bond acceptors (Lipinski definition) is 6. The van der Waals surface area contributed by atoms with Gasteiger partial charge in [0.2, 0.25) is 5.91 Å².